The molecule has 0 N–H and O–H groups in total. The van der Waals surface area contributed by atoms with Crippen molar-refractivity contribution in [3.8, 4) is 44.8 Å². The van der Waals surface area contributed by atoms with Gasteiger partial charge in [-0.05, 0) is 104 Å². The number of nitrogens with zero attached hydrogens (tertiary/aromatic N) is 2. The number of benzene rings is 6. The molecule has 8 rings (SSSR count). The Labute approximate surface area is 328 Å². The van der Waals surface area contributed by atoms with Crippen LogP contribution in [0.5, 0.6) is 0 Å². The van der Waals surface area contributed by atoms with Crippen molar-refractivity contribution in [2.75, 3.05) is 0 Å². The minimum atomic E-state index is 0. The molecule has 0 aliphatic carbocycles. The molecule has 0 atom stereocenters. The second-order valence-corrected chi connectivity index (χ2v) is 14.9. The molecule has 0 saturated carbocycles. The molecule has 0 saturated heterocycles. The van der Waals surface area contributed by atoms with Crippen LogP contribution in [0.15, 0.2) is 146 Å². The van der Waals surface area contributed by atoms with E-state index in [4.69, 9.17) is 4.98 Å². The van der Waals surface area contributed by atoms with Gasteiger partial charge in [0.2, 0.25) is 0 Å². The monoisotopic (exact) mass is 865 g/mol. The number of pyridine rings is 2. The van der Waals surface area contributed by atoms with E-state index in [9.17, 15) is 0 Å². The summed E-state index contributed by atoms with van der Waals surface area (Å²) in [6.07, 6.45) is 4.94. The summed E-state index contributed by atoms with van der Waals surface area (Å²) in [6.45, 7) is 13.1. The fraction of sp³-hybridized carbons (Fsp3) is 0.160. The summed E-state index contributed by atoms with van der Waals surface area (Å²) in [6, 6.07) is 53.8. The average Bonchev–Trinajstić information content (AvgIpc) is 3.15. The SMILES string of the molecule is Cc1c[c-]c(-c2ccc(CC(C)(C)C)cn2)cc1.Cc1cccc(C)c1-c1ccnc(-c2[c-]ccc(-c3cc4ccccc4c4ccccc34)c2)c1.[Ir]. The Kier molecular flexibility index (Phi) is 11.5. The van der Waals surface area contributed by atoms with Gasteiger partial charge in [0.1, 0.15) is 0 Å². The third kappa shape index (κ3) is 8.71. The summed E-state index contributed by atoms with van der Waals surface area (Å²) >= 11 is 0. The molecule has 265 valence electrons. The first-order chi connectivity index (χ1) is 25.1. The van der Waals surface area contributed by atoms with Crippen LogP contribution >= 0.6 is 0 Å². The molecule has 8 aromatic rings. The number of hydrogen-bond donors (Lipinski definition) is 0. The van der Waals surface area contributed by atoms with Crippen molar-refractivity contribution < 1.29 is 20.1 Å². The molecule has 0 unspecified atom stereocenters. The standard InChI is InChI=1S/C33H24N.C17H20N.Ir/c1-22-9-7-10-23(2)33(22)27-17-18-34-32(21-27)26-13-8-12-24(19-26)31-20-25-11-3-4-14-28(25)29-15-5-6-16-30(29)31;1-13-5-8-15(9-6-13)16-10-7-14(12-18-16)11-17(2,3)4;/h3-12,14-21H,1-2H3;5-8,10,12H,11H2,1-4H3;/q2*-1;. The third-order valence-electron chi connectivity index (χ3n) is 9.49. The zero-order valence-corrected chi connectivity index (χ0v) is 33.7. The Bertz CT molecular complexity index is 2470. The summed E-state index contributed by atoms with van der Waals surface area (Å²) in [7, 11) is 0. The summed E-state index contributed by atoms with van der Waals surface area (Å²) in [5.74, 6) is 0. The quantitative estimate of drug-likeness (QED) is 0.127. The molecular formula is C50H44IrN2-2. The molecule has 53 heavy (non-hydrogen) atoms. The van der Waals surface area contributed by atoms with Crippen molar-refractivity contribution in [1.29, 1.82) is 0 Å². The average molecular weight is 865 g/mol. The van der Waals surface area contributed by atoms with E-state index < -0.39 is 0 Å². The van der Waals surface area contributed by atoms with Crippen molar-refractivity contribution in [3.05, 3.63) is 180 Å². The van der Waals surface area contributed by atoms with E-state index in [0.29, 0.717) is 5.41 Å². The van der Waals surface area contributed by atoms with E-state index >= 15 is 0 Å². The van der Waals surface area contributed by atoms with E-state index in [1.807, 2.05) is 24.5 Å². The molecule has 0 spiro atoms. The molecular weight excluding hydrogens is 821 g/mol. The normalized spacial score (nSPS) is 11.1. The molecule has 2 nitrogen and oxygen atoms in total. The van der Waals surface area contributed by atoms with Crippen LogP contribution in [-0.4, -0.2) is 9.97 Å². The van der Waals surface area contributed by atoms with Crippen LogP contribution < -0.4 is 0 Å². The molecule has 1 radical (unpaired) electrons. The smallest absolute Gasteiger partial charge is 0.0193 e. The first-order valence-corrected chi connectivity index (χ1v) is 18.0. The molecule has 6 aromatic carbocycles. The van der Waals surface area contributed by atoms with Gasteiger partial charge in [-0.3, -0.25) is 0 Å². The molecule has 3 heteroatoms. The summed E-state index contributed by atoms with van der Waals surface area (Å²) < 4.78 is 0. The summed E-state index contributed by atoms with van der Waals surface area (Å²) in [4.78, 5) is 9.24. The van der Waals surface area contributed by atoms with E-state index in [0.717, 1.165) is 28.9 Å². The third-order valence-corrected chi connectivity index (χ3v) is 9.49. The Morgan fingerprint density at radius 3 is 2.02 bits per heavy atom. The van der Waals surface area contributed by atoms with Crippen LogP contribution in [0.4, 0.5) is 0 Å². The Hall–Kier alpha value is -5.21. The Morgan fingerprint density at radius 1 is 0.585 bits per heavy atom. The van der Waals surface area contributed by atoms with Crippen LogP contribution in [0.3, 0.4) is 0 Å². The minimum Gasteiger partial charge on any atom is -0.305 e. The van der Waals surface area contributed by atoms with Gasteiger partial charge >= 0.3 is 0 Å². The summed E-state index contributed by atoms with van der Waals surface area (Å²) in [5.41, 5.74) is 14.2. The maximum Gasteiger partial charge on any atom is 0.0193 e. The fourth-order valence-electron chi connectivity index (χ4n) is 7.04. The first-order valence-electron chi connectivity index (χ1n) is 18.0. The van der Waals surface area contributed by atoms with Crippen LogP contribution in [0.25, 0.3) is 66.3 Å². The van der Waals surface area contributed by atoms with Crippen molar-refractivity contribution in [2.45, 2.75) is 48.0 Å². The number of rotatable bonds is 5. The van der Waals surface area contributed by atoms with Gasteiger partial charge in [-0.2, -0.15) is 0 Å². The Balaban J connectivity index is 0.000000215. The Morgan fingerprint density at radius 2 is 1.32 bits per heavy atom. The van der Waals surface area contributed by atoms with E-state index in [1.54, 1.807) is 0 Å². The maximum atomic E-state index is 4.71. The molecule has 2 heterocycles. The molecule has 0 aliphatic rings. The van der Waals surface area contributed by atoms with Crippen molar-refractivity contribution in [2.24, 2.45) is 5.41 Å². The topological polar surface area (TPSA) is 25.8 Å². The largest absolute Gasteiger partial charge is 0.305 e. The predicted octanol–water partition coefficient (Wildman–Crippen LogP) is 13.2. The maximum absolute atomic E-state index is 4.71. The van der Waals surface area contributed by atoms with Gasteiger partial charge in [-0.15, -0.1) is 70.8 Å². The second kappa shape index (κ2) is 16.2. The van der Waals surface area contributed by atoms with Gasteiger partial charge in [0.05, 0.1) is 0 Å². The minimum absolute atomic E-state index is 0. The fourth-order valence-corrected chi connectivity index (χ4v) is 7.04. The summed E-state index contributed by atoms with van der Waals surface area (Å²) in [5, 5.41) is 5.07. The number of aryl methyl sites for hydroxylation is 3. The number of aromatic nitrogens is 2. The van der Waals surface area contributed by atoms with Crippen molar-refractivity contribution in [1.82, 2.24) is 9.97 Å². The van der Waals surface area contributed by atoms with E-state index in [2.05, 4.69) is 180 Å². The molecule has 0 aliphatic heterocycles. The van der Waals surface area contributed by atoms with Gasteiger partial charge in [0, 0.05) is 32.5 Å². The van der Waals surface area contributed by atoms with Crippen molar-refractivity contribution in [3.63, 3.8) is 0 Å². The van der Waals surface area contributed by atoms with Gasteiger partial charge in [-0.25, -0.2) is 0 Å². The van der Waals surface area contributed by atoms with Gasteiger partial charge in [-0.1, -0.05) is 113 Å². The number of hydrogen-bond acceptors (Lipinski definition) is 2. The van der Waals surface area contributed by atoms with Gasteiger partial charge < -0.3 is 9.97 Å². The van der Waals surface area contributed by atoms with Crippen LogP contribution in [-0.2, 0) is 26.5 Å². The molecule has 0 amide bonds. The zero-order valence-electron chi connectivity index (χ0n) is 31.3. The predicted molar refractivity (Wildman–Crippen MR) is 220 cm³/mol. The van der Waals surface area contributed by atoms with Crippen LogP contribution in [0, 0.1) is 38.3 Å². The van der Waals surface area contributed by atoms with Crippen molar-refractivity contribution >= 4 is 21.5 Å². The number of fused-ring (bicyclic) bond motifs is 3. The zero-order chi connectivity index (χ0) is 36.2. The van der Waals surface area contributed by atoms with Crippen LogP contribution in [0.2, 0.25) is 0 Å². The van der Waals surface area contributed by atoms with Gasteiger partial charge in [0.15, 0.2) is 0 Å². The molecule has 2 aromatic heterocycles. The van der Waals surface area contributed by atoms with Gasteiger partial charge in [0.25, 0.3) is 0 Å². The second-order valence-electron chi connectivity index (χ2n) is 14.9. The van der Waals surface area contributed by atoms with E-state index in [1.165, 1.54) is 66.1 Å². The first kappa shape index (κ1) is 37.5. The molecule has 0 bridgehead atoms. The molecule has 0 fully saturated rings. The van der Waals surface area contributed by atoms with E-state index in [-0.39, 0.29) is 20.1 Å². The van der Waals surface area contributed by atoms with Crippen LogP contribution in [0.1, 0.15) is 43.0 Å².